The normalized spacial score (nSPS) is 11.0. The van der Waals surface area contributed by atoms with Crippen LogP contribution in [0.25, 0.3) is 11.1 Å². The second kappa shape index (κ2) is 5.84. The summed E-state index contributed by atoms with van der Waals surface area (Å²) in [6.45, 7) is 3.78. The third-order valence-corrected chi connectivity index (χ3v) is 4.17. The first-order valence-corrected chi connectivity index (χ1v) is 7.60. The summed E-state index contributed by atoms with van der Waals surface area (Å²) in [4.78, 5) is 15.9. The van der Waals surface area contributed by atoms with E-state index in [-0.39, 0.29) is 0 Å². The monoisotopic (exact) mass is 318 g/mol. The maximum absolute atomic E-state index is 11.5. The topological polar surface area (TPSA) is 78.4 Å². The Morgan fingerprint density at radius 2 is 2.18 bits per heavy atom. The fourth-order valence-corrected chi connectivity index (χ4v) is 3.04. The summed E-state index contributed by atoms with van der Waals surface area (Å²) in [6, 6.07) is 5.04. The summed E-state index contributed by atoms with van der Waals surface area (Å²) in [6.07, 6.45) is 0. The predicted molar refractivity (Wildman–Crippen MR) is 80.9 cm³/mol. The number of methoxy groups -OCH3 is 1. The molecular formula is C15H14N2O4S. The second-order valence-electron chi connectivity index (χ2n) is 4.75. The minimum Gasteiger partial charge on any atom is -0.465 e. The summed E-state index contributed by atoms with van der Waals surface area (Å²) in [5.74, 6) is 1.06. The first kappa shape index (κ1) is 14.6. The summed E-state index contributed by atoms with van der Waals surface area (Å²) < 4.78 is 15.5. The lowest BCUT2D eigenvalue weighted by Gasteiger charge is -1.97. The van der Waals surface area contributed by atoms with Gasteiger partial charge in [0.05, 0.1) is 18.4 Å². The third kappa shape index (κ3) is 2.71. The molecular weight excluding hydrogens is 304 g/mol. The molecule has 2 heterocycles. The zero-order valence-electron chi connectivity index (χ0n) is 12.4. The van der Waals surface area contributed by atoms with Crippen LogP contribution in [0.1, 0.15) is 27.4 Å². The second-order valence-corrected chi connectivity index (χ2v) is 5.67. The van der Waals surface area contributed by atoms with Gasteiger partial charge in [-0.1, -0.05) is 16.9 Å². The van der Waals surface area contributed by atoms with Crippen molar-refractivity contribution >= 4 is 28.8 Å². The van der Waals surface area contributed by atoms with Crippen LogP contribution in [0.4, 0.5) is 0 Å². The number of fused-ring (bicyclic) bond motifs is 1. The Hall–Kier alpha value is -2.28. The molecule has 0 aliphatic rings. The number of esters is 1. The number of rotatable bonds is 4. The van der Waals surface area contributed by atoms with Crippen molar-refractivity contribution in [2.24, 2.45) is 0 Å². The van der Waals surface area contributed by atoms with E-state index in [2.05, 4.69) is 10.1 Å². The van der Waals surface area contributed by atoms with Crippen molar-refractivity contribution in [3.63, 3.8) is 0 Å². The molecule has 0 spiro atoms. The number of aryl methyl sites for hydroxylation is 2. The van der Waals surface area contributed by atoms with Crippen LogP contribution in [-0.2, 0) is 10.5 Å². The summed E-state index contributed by atoms with van der Waals surface area (Å²) in [5, 5.41) is 4.46. The Morgan fingerprint density at radius 3 is 2.86 bits per heavy atom. The van der Waals surface area contributed by atoms with Crippen molar-refractivity contribution in [1.82, 2.24) is 10.1 Å². The van der Waals surface area contributed by atoms with E-state index < -0.39 is 5.97 Å². The number of oxazole rings is 1. The number of hydrogen-bond donors (Lipinski definition) is 0. The fraction of sp³-hybridized carbons (Fsp3) is 0.267. The van der Waals surface area contributed by atoms with E-state index in [1.54, 1.807) is 18.2 Å². The van der Waals surface area contributed by atoms with Crippen LogP contribution in [-0.4, -0.2) is 23.2 Å². The van der Waals surface area contributed by atoms with E-state index in [0.717, 1.165) is 17.0 Å². The van der Waals surface area contributed by atoms with Gasteiger partial charge < -0.3 is 13.7 Å². The Balaban J connectivity index is 1.82. The molecule has 0 atom stereocenters. The maximum atomic E-state index is 11.5. The van der Waals surface area contributed by atoms with Gasteiger partial charge in [-0.05, 0) is 32.0 Å². The molecule has 7 heteroatoms. The van der Waals surface area contributed by atoms with Crippen LogP contribution < -0.4 is 0 Å². The number of nitrogens with zero attached hydrogens (tertiary/aromatic N) is 2. The Morgan fingerprint density at radius 1 is 1.36 bits per heavy atom. The fourth-order valence-electron chi connectivity index (χ4n) is 2.05. The van der Waals surface area contributed by atoms with Gasteiger partial charge in [0.1, 0.15) is 11.3 Å². The minimum absolute atomic E-state index is 0.400. The smallest absolute Gasteiger partial charge is 0.337 e. The number of aromatic nitrogens is 2. The van der Waals surface area contributed by atoms with Gasteiger partial charge in [-0.15, -0.1) is 0 Å². The van der Waals surface area contributed by atoms with Crippen molar-refractivity contribution < 1.29 is 18.5 Å². The standard InChI is InChI=1S/C15H14N2O4S/c1-8-11(9(2)21-17-8)7-22-15-16-12-5-4-10(14(18)19-3)6-13(12)20-15/h4-6H,7H2,1-3H3. The average Bonchev–Trinajstić information content (AvgIpc) is 3.07. The molecule has 0 bridgehead atoms. The van der Waals surface area contributed by atoms with E-state index in [9.17, 15) is 4.79 Å². The lowest BCUT2D eigenvalue weighted by Crippen LogP contribution is -2.00. The highest BCUT2D eigenvalue weighted by Gasteiger charge is 2.14. The molecule has 0 fully saturated rings. The summed E-state index contributed by atoms with van der Waals surface area (Å²) >= 11 is 1.46. The van der Waals surface area contributed by atoms with Crippen molar-refractivity contribution in [3.05, 3.63) is 40.8 Å². The van der Waals surface area contributed by atoms with Crippen LogP contribution in [0.2, 0.25) is 0 Å². The first-order valence-electron chi connectivity index (χ1n) is 6.62. The highest BCUT2D eigenvalue weighted by Crippen LogP contribution is 2.28. The van der Waals surface area contributed by atoms with Gasteiger partial charge in [0.25, 0.3) is 5.22 Å². The van der Waals surface area contributed by atoms with Gasteiger partial charge in [0, 0.05) is 11.3 Å². The lowest BCUT2D eigenvalue weighted by molar-refractivity contribution is 0.0600. The molecule has 0 unspecified atom stereocenters. The van der Waals surface area contributed by atoms with Gasteiger partial charge in [-0.3, -0.25) is 0 Å². The molecule has 6 nitrogen and oxygen atoms in total. The number of hydrogen-bond acceptors (Lipinski definition) is 7. The summed E-state index contributed by atoms with van der Waals surface area (Å²) in [5.41, 5.74) is 3.61. The number of benzene rings is 1. The van der Waals surface area contributed by atoms with Crippen LogP contribution in [0.5, 0.6) is 0 Å². The molecule has 114 valence electrons. The van der Waals surface area contributed by atoms with E-state index in [1.165, 1.54) is 18.9 Å². The van der Waals surface area contributed by atoms with E-state index in [0.29, 0.717) is 27.6 Å². The van der Waals surface area contributed by atoms with Gasteiger partial charge in [0.15, 0.2) is 5.58 Å². The van der Waals surface area contributed by atoms with Gasteiger partial charge in [-0.25, -0.2) is 9.78 Å². The van der Waals surface area contributed by atoms with Crippen LogP contribution in [0.15, 0.2) is 32.4 Å². The molecule has 22 heavy (non-hydrogen) atoms. The molecule has 0 saturated carbocycles. The van der Waals surface area contributed by atoms with E-state index >= 15 is 0 Å². The van der Waals surface area contributed by atoms with Gasteiger partial charge in [-0.2, -0.15) is 0 Å². The number of carbonyl (C=O) groups excluding carboxylic acids is 1. The molecule has 3 rings (SSSR count). The van der Waals surface area contributed by atoms with Crippen molar-refractivity contribution in [2.45, 2.75) is 24.8 Å². The number of ether oxygens (including phenoxy) is 1. The first-order chi connectivity index (χ1) is 10.6. The Kier molecular flexibility index (Phi) is 3.89. The molecule has 0 amide bonds. The highest BCUT2D eigenvalue weighted by atomic mass is 32.2. The van der Waals surface area contributed by atoms with Crippen molar-refractivity contribution in [2.75, 3.05) is 7.11 Å². The largest absolute Gasteiger partial charge is 0.465 e. The number of thioether (sulfide) groups is 1. The zero-order chi connectivity index (χ0) is 15.7. The Labute approximate surface area is 130 Å². The molecule has 1 aromatic carbocycles. The molecule has 0 aliphatic heterocycles. The minimum atomic E-state index is -0.400. The van der Waals surface area contributed by atoms with Crippen LogP contribution in [0, 0.1) is 13.8 Å². The Bertz CT molecular complexity index is 818. The average molecular weight is 318 g/mol. The summed E-state index contributed by atoms with van der Waals surface area (Å²) in [7, 11) is 1.35. The maximum Gasteiger partial charge on any atom is 0.337 e. The molecule has 0 saturated heterocycles. The molecule has 3 aromatic rings. The molecule has 0 N–H and O–H groups in total. The van der Waals surface area contributed by atoms with E-state index in [4.69, 9.17) is 13.7 Å². The van der Waals surface area contributed by atoms with Crippen molar-refractivity contribution in [1.29, 1.82) is 0 Å². The quantitative estimate of drug-likeness (QED) is 0.538. The van der Waals surface area contributed by atoms with Crippen LogP contribution in [0.3, 0.4) is 0 Å². The number of carbonyl (C=O) groups is 1. The van der Waals surface area contributed by atoms with Gasteiger partial charge in [0.2, 0.25) is 0 Å². The van der Waals surface area contributed by atoms with Crippen LogP contribution >= 0.6 is 11.8 Å². The molecule has 0 aliphatic carbocycles. The molecule has 0 radical (unpaired) electrons. The lowest BCUT2D eigenvalue weighted by atomic mass is 10.2. The highest BCUT2D eigenvalue weighted by molar-refractivity contribution is 7.98. The van der Waals surface area contributed by atoms with E-state index in [1.807, 2.05) is 13.8 Å². The predicted octanol–water partition coefficient (Wildman–Crippen LogP) is 3.51. The SMILES string of the molecule is COC(=O)c1ccc2nc(SCc3c(C)noc3C)oc2c1. The van der Waals surface area contributed by atoms with Gasteiger partial charge >= 0.3 is 5.97 Å². The third-order valence-electron chi connectivity index (χ3n) is 3.31. The molecule has 2 aromatic heterocycles. The van der Waals surface area contributed by atoms with Crippen molar-refractivity contribution in [3.8, 4) is 0 Å². The zero-order valence-corrected chi connectivity index (χ0v) is 13.2.